The number of hydrogen-bond donors (Lipinski definition) is 2. The van der Waals surface area contributed by atoms with Gasteiger partial charge in [0.2, 0.25) is 0 Å². The van der Waals surface area contributed by atoms with Gasteiger partial charge in [0.15, 0.2) is 0 Å². The Hall–Kier alpha value is -2.11. The van der Waals surface area contributed by atoms with E-state index in [4.69, 9.17) is 11.6 Å². The summed E-state index contributed by atoms with van der Waals surface area (Å²) in [5.74, 6) is -1.04. The number of nitrogens with one attached hydrogen (secondary N) is 1. The van der Waals surface area contributed by atoms with Crippen molar-refractivity contribution in [3.63, 3.8) is 0 Å². The molecule has 0 fully saturated rings. The van der Waals surface area contributed by atoms with Crippen LogP contribution in [0, 0.1) is 13.8 Å². The van der Waals surface area contributed by atoms with Gasteiger partial charge in [-0.15, -0.1) is 0 Å². The summed E-state index contributed by atoms with van der Waals surface area (Å²) in [6.07, 6.45) is 1.36. The molecule has 2 N–H and O–H groups in total. The Morgan fingerprint density at radius 1 is 1.25 bits per heavy atom. The Balaban J connectivity index is 2.23. The summed E-state index contributed by atoms with van der Waals surface area (Å²) in [5, 5.41) is 14.0. The first-order chi connectivity index (χ1) is 11.4. The average Bonchev–Trinajstić information content (AvgIpc) is 2.54. The normalized spacial score (nSPS) is 10.8. The minimum atomic E-state index is -1.04. The molecule has 3 rings (SSSR count). The smallest absolute Gasteiger partial charge is 0.339 e. The van der Waals surface area contributed by atoms with E-state index < -0.39 is 5.97 Å². The van der Waals surface area contributed by atoms with Crippen molar-refractivity contribution in [2.45, 2.75) is 13.8 Å². The van der Waals surface area contributed by atoms with Crippen LogP contribution in [-0.2, 0) is 0 Å². The van der Waals surface area contributed by atoms with Crippen LogP contribution in [-0.4, -0.2) is 16.1 Å². The summed E-state index contributed by atoms with van der Waals surface area (Å²) in [6.45, 7) is 3.86. The predicted octanol–water partition coefficient (Wildman–Crippen LogP) is 5.71. The molecule has 0 spiro atoms. The van der Waals surface area contributed by atoms with E-state index in [1.54, 1.807) is 12.1 Å². The molecule has 0 saturated heterocycles. The summed E-state index contributed by atoms with van der Waals surface area (Å²) in [6, 6.07) is 9.31. The van der Waals surface area contributed by atoms with Gasteiger partial charge in [0.1, 0.15) is 5.56 Å². The quantitative estimate of drug-likeness (QED) is 0.586. The number of pyridine rings is 1. The highest BCUT2D eigenvalue weighted by Crippen LogP contribution is 2.34. The third kappa shape index (κ3) is 2.97. The van der Waals surface area contributed by atoms with Crippen molar-refractivity contribution in [2.75, 3.05) is 5.32 Å². The van der Waals surface area contributed by atoms with Crippen molar-refractivity contribution in [3.05, 3.63) is 62.7 Å². The Morgan fingerprint density at radius 2 is 2.00 bits per heavy atom. The standard InChI is InChI=1S/C18H14BrClN2O2/c1-9-3-4-11(7-14(9)19)22-17-12-5-6-15(20)10(2)16(12)21-8-13(17)18(23)24/h3-8H,1-2H3,(H,21,22)(H,23,24). The lowest BCUT2D eigenvalue weighted by Crippen LogP contribution is -2.05. The number of aromatic nitrogens is 1. The molecule has 122 valence electrons. The van der Waals surface area contributed by atoms with E-state index in [0.717, 1.165) is 21.3 Å². The lowest BCUT2D eigenvalue weighted by molar-refractivity contribution is 0.0697. The fourth-order valence-electron chi connectivity index (χ4n) is 2.49. The third-order valence-corrected chi connectivity index (χ3v) is 5.16. The van der Waals surface area contributed by atoms with E-state index in [0.29, 0.717) is 21.6 Å². The van der Waals surface area contributed by atoms with Crippen LogP contribution >= 0.6 is 27.5 Å². The molecule has 1 aromatic heterocycles. The van der Waals surface area contributed by atoms with Gasteiger partial charge in [-0.2, -0.15) is 0 Å². The Bertz CT molecular complexity index is 973. The maximum atomic E-state index is 11.6. The van der Waals surface area contributed by atoms with E-state index in [1.807, 2.05) is 32.0 Å². The average molecular weight is 406 g/mol. The van der Waals surface area contributed by atoms with Crippen LogP contribution in [0.15, 0.2) is 41.0 Å². The molecular weight excluding hydrogens is 392 g/mol. The molecule has 0 aliphatic heterocycles. The van der Waals surface area contributed by atoms with E-state index in [9.17, 15) is 9.90 Å². The molecule has 0 unspecified atom stereocenters. The first kappa shape index (κ1) is 16.7. The lowest BCUT2D eigenvalue weighted by Gasteiger charge is -2.15. The van der Waals surface area contributed by atoms with Gasteiger partial charge in [-0.25, -0.2) is 4.79 Å². The summed E-state index contributed by atoms with van der Waals surface area (Å²) in [7, 11) is 0. The van der Waals surface area contributed by atoms with Crippen LogP contribution in [0.5, 0.6) is 0 Å². The molecule has 0 amide bonds. The topological polar surface area (TPSA) is 62.2 Å². The highest BCUT2D eigenvalue weighted by atomic mass is 79.9. The van der Waals surface area contributed by atoms with Crippen molar-refractivity contribution >= 4 is 55.8 Å². The number of rotatable bonds is 3. The van der Waals surface area contributed by atoms with Crippen molar-refractivity contribution < 1.29 is 9.90 Å². The van der Waals surface area contributed by atoms with Crippen molar-refractivity contribution in [1.29, 1.82) is 0 Å². The summed E-state index contributed by atoms with van der Waals surface area (Å²) in [4.78, 5) is 15.9. The molecule has 0 saturated carbocycles. The number of hydrogen-bond acceptors (Lipinski definition) is 3. The Labute approximate surface area is 152 Å². The number of fused-ring (bicyclic) bond motifs is 1. The van der Waals surface area contributed by atoms with Gasteiger partial charge in [-0.1, -0.05) is 33.6 Å². The van der Waals surface area contributed by atoms with Gasteiger partial charge >= 0.3 is 5.97 Å². The fraction of sp³-hybridized carbons (Fsp3) is 0.111. The van der Waals surface area contributed by atoms with Crippen LogP contribution in [0.3, 0.4) is 0 Å². The number of carboxylic acid groups (broad SMARTS) is 1. The van der Waals surface area contributed by atoms with E-state index in [1.165, 1.54) is 6.20 Å². The van der Waals surface area contributed by atoms with E-state index >= 15 is 0 Å². The number of carboxylic acids is 1. The first-order valence-corrected chi connectivity index (χ1v) is 8.40. The van der Waals surface area contributed by atoms with Crippen LogP contribution in [0.1, 0.15) is 21.5 Å². The van der Waals surface area contributed by atoms with Crippen LogP contribution in [0.25, 0.3) is 10.9 Å². The molecule has 0 aliphatic carbocycles. The van der Waals surface area contributed by atoms with Crippen LogP contribution in [0.2, 0.25) is 5.02 Å². The minimum Gasteiger partial charge on any atom is -0.478 e. The number of benzene rings is 2. The second-order valence-electron chi connectivity index (χ2n) is 5.51. The number of anilines is 2. The predicted molar refractivity (Wildman–Crippen MR) is 101 cm³/mol. The van der Waals surface area contributed by atoms with Gasteiger partial charge in [0.05, 0.1) is 11.2 Å². The minimum absolute atomic E-state index is 0.112. The molecule has 0 radical (unpaired) electrons. The molecule has 0 bridgehead atoms. The molecule has 6 heteroatoms. The number of aromatic carboxylic acids is 1. The number of nitrogens with zero attached hydrogens (tertiary/aromatic N) is 1. The number of carbonyl (C=O) groups is 1. The molecule has 0 aliphatic rings. The van der Waals surface area contributed by atoms with E-state index in [-0.39, 0.29) is 5.56 Å². The first-order valence-electron chi connectivity index (χ1n) is 7.22. The number of aryl methyl sites for hydroxylation is 2. The van der Waals surface area contributed by atoms with Gasteiger partial charge < -0.3 is 10.4 Å². The highest BCUT2D eigenvalue weighted by Gasteiger charge is 2.17. The van der Waals surface area contributed by atoms with Gasteiger partial charge in [-0.05, 0) is 49.2 Å². The third-order valence-electron chi connectivity index (χ3n) is 3.90. The maximum absolute atomic E-state index is 11.6. The van der Waals surface area contributed by atoms with Gasteiger partial charge in [-0.3, -0.25) is 4.98 Å². The summed E-state index contributed by atoms with van der Waals surface area (Å²) >= 11 is 9.65. The van der Waals surface area contributed by atoms with Gasteiger partial charge in [0, 0.05) is 26.8 Å². The molecular formula is C18H14BrClN2O2. The van der Waals surface area contributed by atoms with Crippen molar-refractivity contribution in [2.24, 2.45) is 0 Å². The zero-order chi connectivity index (χ0) is 17.4. The van der Waals surface area contributed by atoms with Crippen molar-refractivity contribution in [1.82, 2.24) is 4.98 Å². The zero-order valence-electron chi connectivity index (χ0n) is 13.0. The summed E-state index contributed by atoms with van der Waals surface area (Å²) < 4.78 is 0.946. The second-order valence-corrected chi connectivity index (χ2v) is 6.77. The molecule has 4 nitrogen and oxygen atoms in total. The molecule has 2 aromatic carbocycles. The Morgan fingerprint density at radius 3 is 2.67 bits per heavy atom. The second kappa shape index (κ2) is 6.42. The molecule has 24 heavy (non-hydrogen) atoms. The van der Waals surface area contributed by atoms with Gasteiger partial charge in [0.25, 0.3) is 0 Å². The largest absolute Gasteiger partial charge is 0.478 e. The highest BCUT2D eigenvalue weighted by molar-refractivity contribution is 9.10. The maximum Gasteiger partial charge on any atom is 0.339 e. The molecule has 0 atom stereocenters. The number of halogens is 2. The fourth-order valence-corrected chi connectivity index (χ4v) is 3.03. The van der Waals surface area contributed by atoms with Crippen LogP contribution in [0.4, 0.5) is 11.4 Å². The summed E-state index contributed by atoms with van der Waals surface area (Å²) in [5.41, 5.74) is 4.00. The van der Waals surface area contributed by atoms with Crippen molar-refractivity contribution in [3.8, 4) is 0 Å². The monoisotopic (exact) mass is 404 g/mol. The SMILES string of the molecule is Cc1ccc(Nc2c(C(=O)O)cnc3c(C)c(Cl)ccc23)cc1Br. The zero-order valence-corrected chi connectivity index (χ0v) is 15.4. The molecule has 1 heterocycles. The van der Waals surface area contributed by atoms with E-state index in [2.05, 4.69) is 26.2 Å². The molecule has 3 aromatic rings. The lowest BCUT2D eigenvalue weighted by atomic mass is 10.1. The van der Waals surface area contributed by atoms with Crippen LogP contribution < -0.4 is 5.32 Å². The Kier molecular flexibility index (Phi) is 4.47.